The summed E-state index contributed by atoms with van der Waals surface area (Å²) in [5.74, 6) is 0.278. The van der Waals surface area contributed by atoms with E-state index >= 15 is 0 Å². The van der Waals surface area contributed by atoms with E-state index in [2.05, 4.69) is 17.1 Å². The molecule has 0 bridgehead atoms. The van der Waals surface area contributed by atoms with Crippen LogP contribution < -0.4 is 5.32 Å². The van der Waals surface area contributed by atoms with Crippen molar-refractivity contribution in [1.82, 2.24) is 4.90 Å². The normalized spacial score (nSPS) is 18.6. The van der Waals surface area contributed by atoms with Gasteiger partial charge in [0.2, 0.25) is 5.91 Å². The first-order chi connectivity index (χ1) is 10.1. The van der Waals surface area contributed by atoms with Gasteiger partial charge in [-0.1, -0.05) is 18.5 Å². The van der Waals surface area contributed by atoms with E-state index in [1.807, 2.05) is 25.1 Å². The van der Waals surface area contributed by atoms with Crippen molar-refractivity contribution in [2.45, 2.75) is 52.0 Å². The van der Waals surface area contributed by atoms with Crippen molar-refractivity contribution in [1.29, 1.82) is 0 Å². The summed E-state index contributed by atoms with van der Waals surface area (Å²) in [6.07, 6.45) is 5.18. The van der Waals surface area contributed by atoms with Crippen molar-refractivity contribution in [2.24, 2.45) is 0 Å². The highest BCUT2D eigenvalue weighted by Gasteiger charge is 2.24. The average Bonchev–Trinajstić information content (AvgIpc) is 2.49. The van der Waals surface area contributed by atoms with E-state index in [1.54, 1.807) is 0 Å². The monoisotopic (exact) mass is 308 g/mol. The van der Waals surface area contributed by atoms with Crippen molar-refractivity contribution in [3.63, 3.8) is 0 Å². The van der Waals surface area contributed by atoms with Gasteiger partial charge in [-0.3, -0.25) is 4.79 Å². The zero-order valence-corrected chi connectivity index (χ0v) is 13.7. The number of hydrogen-bond donors (Lipinski definition) is 1. The molecule has 2 rings (SSSR count). The van der Waals surface area contributed by atoms with Gasteiger partial charge in [0.05, 0.1) is 0 Å². The highest BCUT2D eigenvalue weighted by molar-refractivity contribution is 6.30. The van der Waals surface area contributed by atoms with Crippen LogP contribution in [-0.2, 0) is 4.79 Å². The van der Waals surface area contributed by atoms with Gasteiger partial charge in [-0.2, -0.15) is 0 Å². The maximum absolute atomic E-state index is 12.4. The largest absolute Gasteiger partial charge is 0.384 e. The van der Waals surface area contributed by atoms with Gasteiger partial charge in [0.25, 0.3) is 0 Å². The summed E-state index contributed by atoms with van der Waals surface area (Å²) in [6, 6.07) is 6.22. The summed E-state index contributed by atoms with van der Waals surface area (Å²) in [5.41, 5.74) is 2.16. The van der Waals surface area contributed by atoms with Crippen molar-refractivity contribution in [3.05, 3.63) is 28.8 Å². The molecule has 4 heteroatoms. The minimum atomic E-state index is 0.278. The number of hydrogen-bond acceptors (Lipinski definition) is 2. The molecule has 1 amide bonds. The molecule has 21 heavy (non-hydrogen) atoms. The lowest BCUT2D eigenvalue weighted by molar-refractivity contribution is -0.134. The van der Waals surface area contributed by atoms with Crippen LogP contribution in [-0.4, -0.2) is 29.9 Å². The fourth-order valence-corrected chi connectivity index (χ4v) is 3.25. The Balaban J connectivity index is 1.83. The van der Waals surface area contributed by atoms with E-state index in [4.69, 9.17) is 11.6 Å². The quantitative estimate of drug-likeness (QED) is 0.882. The zero-order valence-electron chi connectivity index (χ0n) is 13.0. The van der Waals surface area contributed by atoms with Gasteiger partial charge in [0, 0.05) is 36.3 Å². The fourth-order valence-electron chi connectivity index (χ4n) is 3.03. The van der Waals surface area contributed by atoms with E-state index < -0.39 is 0 Å². The number of benzene rings is 1. The second-order valence-corrected chi connectivity index (χ2v) is 6.22. The Labute approximate surface area is 132 Å². The van der Waals surface area contributed by atoms with Crippen LogP contribution in [0.5, 0.6) is 0 Å². The standard InChI is InChI=1S/C17H25ClN2O/c1-3-15-6-4-5-11-20(15)17(21)9-10-19-16-8-7-14(18)12-13(16)2/h7-8,12,15,19H,3-6,9-11H2,1-2H3. The molecule has 0 aliphatic carbocycles. The van der Waals surface area contributed by atoms with Crippen LogP contribution in [0.2, 0.25) is 5.02 Å². The van der Waals surface area contributed by atoms with Crippen LogP contribution in [0.3, 0.4) is 0 Å². The Hall–Kier alpha value is -1.22. The summed E-state index contributed by atoms with van der Waals surface area (Å²) in [5, 5.41) is 4.08. The molecule has 1 heterocycles. The number of halogens is 1. The third-order valence-electron chi connectivity index (χ3n) is 4.26. The Kier molecular flexibility index (Phi) is 5.92. The molecule has 1 aromatic rings. The molecule has 1 saturated heterocycles. The molecular formula is C17H25ClN2O. The Morgan fingerprint density at radius 1 is 1.43 bits per heavy atom. The molecule has 116 valence electrons. The Morgan fingerprint density at radius 2 is 2.24 bits per heavy atom. The maximum atomic E-state index is 12.4. The van der Waals surface area contributed by atoms with Gasteiger partial charge in [-0.05, 0) is 56.4 Å². The molecule has 1 aromatic carbocycles. The first-order valence-corrected chi connectivity index (χ1v) is 8.29. The molecule has 1 atom stereocenters. The first-order valence-electron chi connectivity index (χ1n) is 7.91. The average molecular weight is 309 g/mol. The lowest BCUT2D eigenvalue weighted by Gasteiger charge is -2.35. The third-order valence-corrected chi connectivity index (χ3v) is 4.50. The molecule has 1 fully saturated rings. The third kappa shape index (κ3) is 4.37. The van der Waals surface area contributed by atoms with Gasteiger partial charge in [-0.25, -0.2) is 0 Å². The molecule has 0 radical (unpaired) electrons. The number of carbonyl (C=O) groups is 1. The summed E-state index contributed by atoms with van der Waals surface area (Å²) in [7, 11) is 0. The van der Waals surface area contributed by atoms with E-state index in [0.29, 0.717) is 19.0 Å². The van der Waals surface area contributed by atoms with E-state index in [-0.39, 0.29) is 5.91 Å². The maximum Gasteiger partial charge on any atom is 0.224 e. The molecule has 0 saturated carbocycles. The van der Waals surface area contributed by atoms with Crippen molar-refractivity contribution < 1.29 is 4.79 Å². The molecule has 0 aromatic heterocycles. The summed E-state index contributed by atoms with van der Waals surface area (Å²) in [6.45, 7) is 5.80. The second-order valence-electron chi connectivity index (χ2n) is 5.78. The molecule has 1 N–H and O–H groups in total. The van der Waals surface area contributed by atoms with Gasteiger partial charge >= 0.3 is 0 Å². The van der Waals surface area contributed by atoms with Gasteiger partial charge in [0.15, 0.2) is 0 Å². The lowest BCUT2D eigenvalue weighted by atomic mass is 9.99. The summed E-state index contributed by atoms with van der Waals surface area (Å²) in [4.78, 5) is 14.4. The highest BCUT2D eigenvalue weighted by Crippen LogP contribution is 2.21. The molecule has 1 aliphatic heterocycles. The molecular weight excluding hydrogens is 284 g/mol. The van der Waals surface area contributed by atoms with E-state index in [0.717, 1.165) is 42.1 Å². The highest BCUT2D eigenvalue weighted by atomic mass is 35.5. The lowest BCUT2D eigenvalue weighted by Crippen LogP contribution is -2.43. The number of likely N-dealkylation sites (tertiary alicyclic amines) is 1. The van der Waals surface area contributed by atoms with Crippen LogP contribution in [0, 0.1) is 6.92 Å². The minimum Gasteiger partial charge on any atom is -0.384 e. The number of carbonyl (C=O) groups excluding carboxylic acids is 1. The number of nitrogens with one attached hydrogen (secondary N) is 1. The van der Waals surface area contributed by atoms with Crippen LogP contribution in [0.25, 0.3) is 0 Å². The van der Waals surface area contributed by atoms with Gasteiger partial charge < -0.3 is 10.2 Å². The summed E-state index contributed by atoms with van der Waals surface area (Å²) >= 11 is 5.95. The van der Waals surface area contributed by atoms with Crippen molar-refractivity contribution in [2.75, 3.05) is 18.4 Å². The van der Waals surface area contributed by atoms with Crippen molar-refractivity contribution >= 4 is 23.2 Å². The second kappa shape index (κ2) is 7.69. The number of amides is 1. The number of piperidine rings is 1. The van der Waals surface area contributed by atoms with E-state index in [9.17, 15) is 4.79 Å². The zero-order chi connectivity index (χ0) is 15.2. The summed E-state index contributed by atoms with van der Waals surface area (Å²) < 4.78 is 0. The van der Waals surface area contributed by atoms with Gasteiger partial charge in [0.1, 0.15) is 0 Å². The molecule has 3 nitrogen and oxygen atoms in total. The smallest absolute Gasteiger partial charge is 0.224 e. The molecule has 1 aliphatic rings. The van der Waals surface area contributed by atoms with Crippen LogP contribution in [0.1, 0.15) is 44.6 Å². The van der Waals surface area contributed by atoms with Crippen LogP contribution >= 0.6 is 11.6 Å². The van der Waals surface area contributed by atoms with Crippen LogP contribution in [0.4, 0.5) is 5.69 Å². The first kappa shape index (κ1) is 16.2. The predicted molar refractivity (Wildman–Crippen MR) is 88.9 cm³/mol. The number of aryl methyl sites for hydroxylation is 1. The Bertz CT molecular complexity index is 490. The fraction of sp³-hybridized carbons (Fsp3) is 0.588. The van der Waals surface area contributed by atoms with E-state index in [1.165, 1.54) is 6.42 Å². The SMILES string of the molecule is CCC1CCCCN1C(=O)CCNc1ccc(Cl)cc1C. The molecule has 1 unspecified atom stereocenters. The van der Waals surface area contributed by atoms with Crippen LogP contribution in [0.15, 0.2) is 18.2 Å². The predicted octanol–water partition coefficient (Wildman–Crippen LogP) is 4.24. The topological polar surface area (TPSA) is 32.3 Å². The Morgan fingerprint density at radius 3 is 2.95 bits per heavy atom. The van der Waals surface area contributed by atoms with Gasteiger partial charge in [-0.15, -0.1) is 0 Å². The number of nitrogens with zero attached hydrogens (tertiary/aromatic N) is 1. The van der Waals surface area contributed by atoms with Crippen molar-refractivity contribution in [3.8, 4) is 0 Å². The number of rotatable bonds is 5. The minimum absolute atomic E-state index is 0.278. The number of anilines is 1. The molecule has 0 spiro atoms.